The van der Waals surface area contributed by atoms with Crippen molar-refractivity contribution in [3.05, 3.63) is 29.8 Å². The molecule has 0 aliphatic heterocycles. The van der Waals surface area contributed by atoms with E-state index in [4.69, 9.17) is 0 Å². The molecular formula is C10H15BF4OS2. The standard InChI is InChI=1S/C10H15OS2.BF4/c1-9-4-6-10(7-5-9)13(11)8-12(2)3;2-1(3,4)5/h4-7H,8H2,1-3H3;/q+1;-1/t13-;/m1./s1. The summed E-state index contributed by atoms with van der Waals surface area (Å²) in [6, 6.07) is 7.93. The van der Waals surface area contributed by atoms with Crippen LogP contribution in [-0.2, 0) is 21.7 Å². The van der Waals surface area contributed by atoms with Crippen molar-refractivity contribution in [2.45, 2.75) is 11.8 Å². The maximum Gasteiger partial charge on any atom is 0.673 e. The van der Waals surface area contributed by atoms with Crippen molar-refractivity contribution >= 4 is 28.9 Å². The van der Waals surface area contributed by atoms with Crippen molar-refractivity contribution in [2.24, 2.45) is 0 Å². The van der Waals surface area contributed by atoms with Crippen molar-refractivity contribution in [2.75, 3.05) is 17.6 Å². The van der Waals surface area contributed by atoms with Gasteiger partial charge >= 0.3 is 7.25 Å². The Morgan fingerprint density at radius 1 is 1.11 bits per heavy atom. The highest BCUT2D eigenvalue weighted by atomic mass is 32.3. The lowest BCUT2D eigenvalue weighted by molar-refractivity contribution is 0.368. The van der Waals surface area contributed by atoms with E-state index >= 15 is 0 Å². The molecule has 0 aliphatic rings. The lowest BCUT2D eigenvalue weighted by atomic mass is 10.2. The smallest absolute Gasteiger partial charge is 0.418 e. The first kappa shape index (κ1) is 17.5. The van der Waals surface area contributed by atoms with E-state index in [0.717, 1.165) is 9.98 Å². The second-order valence-electron chi connectivity index (χ2n) is 3.76. The van der Waals surface area contributed by atoms with E-state index in [-0.39, 0.29) is 10.9 Å². The largest absolute Gasteiger partial charge is 0.673 e. The van der Waals surface area contributed by atoms with Crippen LogP contribution in [-0.4, -0.2) is 29.1 Å². The molecule has 1 aromatic carbocycles. The van der Waals surface area contributed by atoms with Gasteiger partial charge in [0.1, 0.15) is 10.8 Å². The fourth-order valence-corrected chi connectivity index (χ4v) is 3.67. The molecule has 0 bridgehead atoms. The normalized spacial score (nSPS) is 12.9. The van der Waals surface area contributed by atoms with Gasteiger partial charge in [0.15, 0.2) is 5.08 Å². The zero-order chi connectivity index (χ0) is 14.3. The fourth-order valence-electron chi connectivity index (χ4n) is 0.972. The van der Waals surface area contributed by atoms with Crippen LogP contribution in [0.4, 0.5) is 17.3 Å². The first-order valence-electron chi connectivity index (χ1n) is 4.96. The minimum absolute atomic E-state index is 0.248. The van der Waals surface area contributed by atoms with Gasteiger partial charge in [-0.3, -0.25) is 0 Å². The maximum absolute atomic E-state index is 11.7. The van der Waals surface area contributed by atoms with Gasteiger partial charge in [-0.25, -0.2) is 4.21 Å². The Labute approximate surface area is 110 Å². The molecule has 1 rings (SSSR count). The Morgan fingerprint density at radius 3 is 1.83 bits per heavy atom. The predicted octanol–water partition coefficient (Wildman–Crippen LogP) is 3.24. The van der Waals surface area contributed by atoms with Crippen LogP contribution in [0.25, 0.3) is 0 Å². The highest BCUT2D eigenvalue weighted by Gasteiger charge is 2.20. The van der Waals surface area contributed by atoms with Crippen LogP contribution in [0.15, 0.2) is 29.2 Å². The number of hydrogen-bond acceptors (Lipinski definition) is 1. The molecule has 0 fully saturated rings. The van der Waals surface area contributed by atoms with E-state index in [2.05, 4.69) is 12.5 Å². The minimum atomic E-state index is -6.00. The third-order valence-corrected chi connectivity index (χ3v) is 5.17. The highest BCUT2D eigenvalue weighted by Crippen LogP contribution is 2.09. The molecule has 0 unspecified atom stereocenters. The first-order chi connectivity index (χ1) is 8.09. The average Bonchev–Trinajstić information content (AvgIpc) is 2.14. The zero-order valence-electron chi connectivity index (χ0n) is 10.3. The monoisotopic (exact) mass is 302 g/mol. The van der Waals surface area contributed by atoms with Gasteiger partial charge in [0.05, 0.1) is 12.5 Å². The van der Waals surface area contributed by atoms with Gasteiger partial charge in [0.2, 0.25) is 0 Å². The molecule has 0 N–H and O–H groups in total. The summed E-state index contributed by atoms with van der Waals surface area (Å²) in [4.78, 5) is 0.951. The van der Waals surface area contributed by atoms with Crippen LogP contribution >= 0.6 is 0 Å². The van der Waals surface area contributed by atoms with Crippen molar-refractivity contribution in [3.63, 3.8) is 0 Å². The summed E-state index contributed by atoms with van der Waals surface area (Å²) in [6.45, 7) is 2.04. The summed E-state index contributed by atoms with van der Waals surface area (Å²) in [6.07, 6.45) is 4.23. The Morgan fingerprint density at radius 2 is 1.50 bits per heavy atom. The molecule has 0 amide bonds. The average molecular weight is 302 g/mol. The number of rotatable bonds is 3. The summed E-state index contributed by atoms with van der Waals surface area (Å²) >= 11 is 0. The molecular weight excluding hydrogens is 287 g/mol. The molecule has 0 spiro atoms. The van der Waals surface area contributed by atoms with Gasteiger partial charge in [0.25, 0.3) is 0 Å². The molecule has 1 nitrogen and oxygen atoms in total. The van der Waals surface area contributed by atoms with Gasteiger partial charge in [-0.2, -0.15) is 0 Å². The number of benzene rings is 1. The Bertz CT molecular complexity index is 372. The molecule has 0 saturated heterocycles. The van der Waals surface area contributed by atoms with Crippen LogP contribution in [0.2, 0.25) is 0 Å². The van der Waals surface area contributed by atoms with Crippen molar-refractivity contribution in [3.8, 4) is 0 Å². The molecule has 0 radical (unpaired) electrons. The quantitative estimate of drug-likeness (QED) is 0.476. The summed E-state index contributed by atoms with van der Waals surface area (Å²) < 4.78 is 50.7. The third kappa shape index (κ3) is 10.6. The lowest BCUT2D eigenvalue weighted by Gasteiger charge is -2.00. The molecule has 1 aromatic rings. The molecule has 8 heteroatoms. The lowest BCUT2D eigenvalue weighted by Crippen LogP contribution is -2.08. The highest BCUT2D eigenvalue weighted by molar-refractivity contribution is 8.07. The summed E-state index contributed by atoms with van der Waals surface area (Å²) in [7, 11) is -6.56. The van der Waals surface area contributed by atoms with Gasteiger partial charge in [-0.1, -0.05) is 17.7 Å². The van der Waals surface area contributed by atoms with Crippen LogP contribution in [0.1, 0.15) is 5.56 Å². The molecule has 0 aromatic heterocycles. The van der Waals surface area contributed by atoms with Gasteiger partial charge in [-0.05, 0) is 30.0 Å². The summed E-state index contributed by atoms with van der Waals surface area (Å²) in [5.74, 6) is 0. The third-order valence-electron chi connectivity index (χ3n) is 1.63. The molecule has 18 heavy (non-hydrogen) atoms. The number of hydrogen-bond donors (Lipinski definition) is 0. The summed E-state index contributed by atoms with van der Waals surface area (Å²) in [5, 5.41) is 0.781. The van der Waals surface area contributed by atoms with Crippen LogP contribution in [0, 0.1) is 6.92 Å². The van der Waals surface area contributed by atoms with E-state index < -0.39 is 18.1 Å². The molecule has 104 valence electrons. The zero-order valence-corrected chi connectivity index (χ0v) is 12.0. The Balaban J connectivity index is 0.000000494. The van der Waals surface area contributed by atoms with E-state index in [1.165, 1.54) is 5.56 Å². The first-order valence-corrected chi connectivity index (χ1v) is 8.49. The maximum atomic E-state index is 11.7. The Kier molecular flexibility index (Phi) is 7.62. The topological polar surface area (TPSA) is 17.1 Å². The Hall–Kier alpha value is -0.495. The van der Waals surface area contributed by atoms with Crippen molar-refractivity contribution in [1.29, 1.82) is 0 Å². The molecule has 0 aliphatic carbocycles. The van der Waals surface area contributed by atoms with E-state index in [0.29, 0.717) is 0 Å². The SMILES string of the molecule is Cc1ccc([S@](=O)C[S+](C)C)cc1.F[B-](F)(F)F. The summed E-state index contributed by atoms with van der Waals surface area (Å²) in [5.41, 5.74) is 1.22. The van der Waals surface area contributed by atoms with Crippen LogP contribution < -0.4 is 0 Å². The van der Waals surface area contributed by atoms with Crippen molar-refractivity contribution in [1.82, 2.24) is 0 Å². The molecule has 1 atom stereocenters. The van der Waals surface area contributed by atoms with Crippen LogP contribution in [0.3, 0.4) is 0 Å². The fraction of sp³-hybridized carbons (Fsp3) is 0.400. The predicted molar refractivity (Wildman–Crippen MR) is 71.9 cm³/mol. The van der Waals surface area contributed by atoms with E-state index in [1.54, 1.807) is 0 Å². The molecule has 0 heterocycles. The van der Waals surface area contributed by atoms with Gasteiger partial charge < -0.3 is 17.3 Å². The second kappa shape index (κ2) is 7.83. The van der Waals surface area contributed by atoms with E-state index in [9.17, 15) is 21.5 Å². The minimum Gasteiger partial charge on any atom is -0.418 e. The number of halogens is 4. The van der Waals surface area contributed by atoms with Crippen molar-refractivity contribution < 1.29 is 21.5 Å². The van der Waals surface area contributed by atoms with Gasteiger partial charge in [-0.15, -0.1) is 0 Å². The molecule has 0 saturated carbocycles. The van der Waals surface area contributed by atoms with E-state index in [1.807, 2.05) is 31.2 Å². The second-order valence-corrected chi connectivity index (χ2v) is 7.83. The van der Waals surface area contributed by atoms with Crippen LogP contribution in [0.5, 0.6) is 0 Å². The number of aryl methyl sites for hydroxylation is 1. The van der Waals surface area contributed by atoms with Gasteiger partial charge in [0, 0.05) is 4.90 Å².